The van der Waals surface area contributed by atoms with Crippen molar-refractivity contribution in [3.63, 3.8) is 0 Å². The Morgan fingerprint density at radius 1 is 1.11 bits per heavy atom. The Morgan fingerprint density at radius 3 is 2.74 bits per heavy atom. The molecule has 27 heavy (non-hydrogen) atoms. The summed E-state index contributed by atoms with van der Waals surface area (Å²) >= 11 is 0. The molecule has 0 saturated heterocycles. The van der Waals surface area contributed by atoms with E-state index in [1.165, 1.54) is 11.3 Å². The van der Waals surface area contributed by atoms with Gasteiger partial charge >= 0.3 is 0 Å². The summed E-state index contributed by atoms with van der Waals surface area (Å²) in [6.45, 7) is 0.931. The van der Waals surface area contributed by atoms with Crippen LogP contribution in [-0.4, -0.2) is 24.5 Å². The summed E-state index contributed by atoms with van der Waals surface area (Å²) in [6.07, 6.45) is 3.87. The molecule has 0 atom stereocenters. The fraction of sp³-hybridized carbons (Fsp3) is 0.182. The largest absolute Gasteiger partial charge is 0.497 e. The molecule has 0 fully saturated rings. The number of amides is 1. The van der Waals surface area contributed by atoms with Gasteiger partial charge in [-0.2, -0.15) is 0 Å². The lowest BCUT2D eigenvalue weighted by Crippen LogP contribution is -2.25. The van der Waals surface area contributed by atoms with E-state index in [0.29, 0.717) is 11.4 Å². The second-order valence-corrected chi connectivity index (χ2v) is 6.47. The normalized spacial score (nSPS) is 13.0. The molecule has 1 N–H and O–H groups in total. The lowest BCUT2D eigenvalue weighted by Gasteiger charge is -2.31. The maximum atomic E-state index is 12.6. The molecule has 1 aliphatic rings. The minimum atomic E-state index is -0.229. The van der Waals surface area contributed by atoms with E-state index in [0.717, 1.165) is 30.8 Å². The Morgan fingerprint density at radius 2 is 1.93 bits per heavy atom. The van der Waals surface area contributed by atoms with E-state index < -0.39 is 0 Å². The van der Waals surface area contributed by atoms with Gasteiger partial charge < -0.3 is 15.0 Å². The van der Waals surface area contributed by atoms with Crippen LogP contribution in [0.2, 0.25) is 0 Å². The number of hydrogen-bond acceptors (Lipinski definition) is 4. The number of methoxy groups -OCH3 is 1. The predicted octanol–water partition coefficient (Wildman–Crippen LogP) is 4.43. The molecular weight excluding hydrogens is 338 g/mol. The van der Waals surface area contributed by atoms with Crippen LogP contribution in [0.5, 0.6) is 5.75 Å². The van der Waals surface area contributed by atoms with E-state index in [9.17, 15) is 4.79 Å². The van der Waals surface area contributed by atoms with Crippen molar-refractivity contribution >= 4 is 23.0 Å². The van der Waals surface area contributed by atoms with E-state index in [4.69, 9.17) is 4.74 Å². The number of pyridine rings is 1. The van der Waals surface area contributed by atoms with Gasteiger partial charge in [-0.3, -0.25) is 9.78 Å². The van der Waals surface area contributed by atoms with Gasteiger partial charge in [0, 0.05) is 29.8 Å². The maximum absolute atomic E-state index is 12.6. The van der Waals surface area contributed by atoms with Gasteiger partial charge in [-0.05, 0) is 60.9 Å². The van der Waals surface area contributed by atoms with Crippen LogP contribution in [0.1, 0.15) is 22.5 Å². The number of anilines is 3. The fourth-order valence-electron chi connectivity index (χ4n) is 3.38. The quantitative estimate of drug-likeness (QED) is 0.749. The van der Waals surface area contributed by atoms with Crippen molar-refractivity contribution in [1.29, 1.82) is 0 Å². The molecule has 4 rings (SSSR count). The average molecular weight is 359 g/mol. The van der Waals surface area contributed by atoms with Crippen molar-refractivity contribution < 1.29 is 9.53 Å². The average Bonchev–Trinajstić information content (AvgIpc) is 2.74. The zero-order valence-corrected chi connectivity index (χ0v) is 15.2. The van der Waals surface area contributed by atoms with Crippen LogP contribution in [0.4, 0.5) is 17.1 Å². The Bertz CT molecular complexity index is 954. The van der Waals surface area contributed by atoms with E-state index in [1.807, 2.05) is 36.4 Å². The molecule has 136 valence electrons. The molecule has 2 aromatic carbocycles. The van der Waals surface area contributed by atoms with E-state index in [-0.39, 0.29) is 5.91 Å². The van der Waals surface area contributed by atoms with Crippen LogP contribution in [0, 0.1) is 0 Å². The number of carbonyl (C=O) groups is 1. The number of rotatable bonds is 4. The number of ether oxygens (including phenoxy) is 1. The Labute approximate surface area is 158 Å². The minimum absolute atomic E-state index is 0.229. The predicted molar refractivity (Wildman–Crippen MR) is 107 cm³/mol. The van der Waals surface area contributed by atoms with Crippen LogP contribution in [-0.2, 0) is 6.42 Å². The van der Waals surface area contributed by atoms with Gasteiger partial charge in [0.15, 0.2) is 0 Å². The zero-order valence-electron chi connectivity index (χ0n) is 15.2. The lowest BCUT2D eigenvalue weighted by atomic mass is 10.0. The Hall–Kier alpha value is -3.34. The number of para-hydroxylation sites is 1. The maximum Gasteiger partial charge on any atom is 0.274 e. The molecule has 1 aliphatic heterocycles. The van der Waals surface area contributed by atoms with Gasteiger partial charge in [0.25, 0.3) is 5.91 Å². The summed E-state index contributed by atoms with van der Waals surface area (Å²) in [7, 11) is 1.61. The number of benzene rings is 2. The Kier molecular flexibility index (Phi) is 4.75. The summed E-state index contributed by atoms with van der Waals surface area (Å²) in [5.74, 6) is 0.518. The molecule has 3 aromatic rings. The molecule has 0 radical (unpaired) electrons. The first-order valence-corrected chi connectivity index (χ1v) is 9.01. The Balaban J connectivity index is 1.56. The van der Waals surface area contributed by atoms with Gasteiger partial charge in [-0.1, -0.05) is 18.2 Å². The summed E-state index contributed by atoms with van der Waals surface area (Å²) in [5.41, 5.74) is 4.63. The second kappa shape index (κ2) is 7.50. The highest BCUT2D eigenvalue weighted by molar-refractivity contribution is 6.03. The third-order valence-corrected chi connectivity index (χ3v) is 4.75. The molecule has 0 saturated carbocycles. The summed E-state index contributed by atoms with van der Waals surface area (Å²) in [6, 6.07) is 19.5. The zero-order chi connectivity index (χ0) is 18.6. The third-order valence-electron chi connectivity index (χ3n) is 4.75. The highest BCUT2D eigenvalue weighted by Gasteiger charge is 2.19. The molecule has 1 aromatic heterocycles. The van der Waals surface area contributed by atoms with E-state index in [1.54, 1.807) is 13.3 Å². The topological polar surface area (TPSA) is 54.5 Å². The minimum Gasteiger partial charge on any atom is -0.497 e. The first-order valence-electron chi connectivity index (χ1n) is 9.01. The van der Waals surface area contributed by atoms with Gasteiger partial charge in [-0.15, -0.1) is 0 Å². The van der Waals surface area contributed by atoms with Crippen LogP contribution >= 0.6 is 0 Å². The van der Waals surface area contributed by atoms with Crippen molar-refractivity contribution in [2.45, 2.75) is 12.8 Å². The first-order chi connectivity index (χ1) is 13.2. The number of hydrogen-bond donors (Lipinski definition) is 1. The molecule has 2 heterocycles. The summed E-state index contributed by atoms with van der Waals surface area (Å²) in [5, 5.41) is 2.88. The first kappa shape index (κ1) is 17.1. The van der Waals surface area contributed by atoms with Gasteiger partial charge in [0.2, 0.25) is 0 Å². The number of nitrogens with one attached hydrogen (secondary N) is 1. The van der Waals surface area contributed by atoms with Crippen molar-refractivity contribution in [3.8, 4) is 5.75 Å². The number of carbonyl (C=O) groups excluding carboxylic acids is 1. The molecule has 0 unspecified atom stereocenters. The van der Waals surface area contributed by atoms with Crippen molar-refractivity contribution in [1.82, 2.24) is 4.98 Å². The van der Waals surface area contributed by atoms with Crippen molar-refractivity contribution in [2.24, 2.45) is 0 Å². The number of fused-ring (bicyclic) bond motifs is 1. The van der Waals surface area contributed by atoms with E-state index in [2.05, 4.69) is 39.5 Å². The van der Waals surface area contributed by atoms with Crippen molar-refractivity contribution in [2.75, 3.05) is 23.9 Å². The SMILES string of the molecule is COc1ccc(NC(=O)c2cc(N3CCCc4ccccc43)ccn2)cc1. The van der Waals surface area contributed by atoms with Crippen LogP contribution in [0.25, 0.3) is 0 Å². The van der Waals surface area contributed by atoms with Gasteiger partial charge in [0.05, 0.1) is 7.11 Å². The number of aryl methyl sites for hydroxylation is 1. The number of aromatic nitrogens is 1. The summed E-state index contributed by atoms with van der Waals surface area (Å²) < 4.78 is 5.14. The fourth-order valence-corrected chi connectivity index (χ4v) is 3.38. The standard InChI is InChI=1S/C22H21N3O2/c1-27-19-10-8-17(9-11-19)24-22(26)20-15-18(12-13-23-20)25-14-4-6-16-5-2-3-7-21(16)25/h2-3,5,7-13,15H,4,6,14H2,1H3,(H,24,26). The number of nitrogens with zero attached hydrogens (tertiary/aromatic N) is 2. The van der Waals surface area contributed by atoms with Crippen LogP contribution in [0.15, 0.2) is 66.9 Å². The molecule has 0 bridgehead atoms. The second-order valence-electron chi connectivity index (χ2n) is 6.47. The molecule has 0 spiro atoms. The van der Waals surface area contributed by atoms with Crippen LogP contribution in [0.3, 0.4) is 0 Å². The monoisotopic (exact) mass is 359 g/mol. The van der Waals surface area contributed by atoms with Gasteiger partial charge in [0.1, 0.15) is 11.4 Å². The van der Waals surface area contributed by atoms with Crippen LogP contribution < -0.4 is 15.0 Å². The van der Waals surface area contributed by atoms with Crippen molar-refractivity contribution in [3.05, 3.63) is 78.1 Å². The molecular formula is C22H21N3O2. The summed E-state index contributed by atoms with van der Waals surface area (Å²) in [4.78, 5) is 19.1. The molecule has 5 heteroatoms. The molecule has 5 nitrogen and oxygen atoms in total. The van der Waals surface area contributed by atoms with Gasteiger partial charge in [-0.25, -0.2) is 0 Å². The highest BCUT2D eigenvalue weighted by Crippen LogP contribution is 2.33. The third kappa shape index (κ3) is 3.62. The highest BCUT2D eigenvalue weighted by atomic mass is 16.5. The molecule has 0 aliphatic carbocycles. The smallest absolute Gasteiger partial charge is 0.274 e. The lowest BCUT2D eigenvalue weighted by molar-refractivity contribution is 0.102. The molecule has 1 amide bonds. The van der Waals surface area contributed by atoms with E-state index >= 15 is 0 Å².